The van der Waals surface area contributed by atoms with Crippen molar-refractivity contribution in [3.8, 4) is 0 Å². The lowest BCUT2D eigenvalue weighted by Gasteiger charge is -2.07. The van der Waals surface area contributed by atoms with Crippen LogP contribution < -0.4 is 10.9 Å². The lowest BCUT2D eigenvalue weighted by atomic mass is 10.2. The van der Waals surface area contributed by atoms with Crippen LogP contribution in [0, 0.1) is 0 Å². The van der Waals surface area contributed by atoms with E-state index in [0.717, 1.165) is 10.2 Å². The van der Waals surface area contributed by atoms with Crippen molar-refractivity contribution in [3.05, 3.63) is 71.2 Å². The Morgan fingerprint density at radius 2 is 1.74 bits per heavy atom. The van der Waals surface area contributed by atoms with Crippen molar-refractivity contribution in [2.75, 3.05) is 6.61 Å². The zero-order chi connectivity index (χ0) is 19.1. The summed E-state index contributed by atoms with van der Waals surface area (Å²) in [6.07, 6.45) is 2.73. The molecule has 0 aliphatic heterocycles. The number of nitrogens with one attached hydrogen (secondary N) is 2. The average Bonchev–Trinajstić information content (AvgIpc) is 3.12. The molecule has 7 nitrogen and oxygen atoms in total. The monoisotopic (exact) mass is 381 g/mol. The third-order valence-electron chi connectivity index (χ3n) is 3.37. The Morgan fingerprint density at radius 3 is 2.52 bits per heavy atom. The zero-order valence-corrected chi connectivity index (χ0v) is 14.9. The number of ether oxygens (including phenoxy) is 1. The number of benzene rings is 2. The maximum absolute atomic E-state index is 11.8. The number of nitrogens with zero attached hydrogens (tertiary/aromatic N) is 1. The minimum Gasteiger partial charge on any atom is -0.452 e. The van der Waals surface area contributed by atoms with Crippen molar-refractivity contribution < 1.29 is 19.1 Å². The second kappa shape index (κ2) is 8.72. The molecule has 2 N–H and O–H groups in total. The van der Waals surface area contributed by atoms with E-state index in [1.807, 2.05) is 24.3 Å². The first-order valence-electron chi connectivity index (χ1n) is 7.96. The van der Waals surface area contributed by atoms with Gasteiger partial charge in [0.2, 0.25) is 0 Å². The summed E-state index contributed by atoms with van der Waals surface area (Å²) in [5, 5.41) is 0.660. The number of hydrogen-bond acceptors (Lipinski definition) is 6. The molecular weight excluding hydrogens is 366 g/mol. The van der Waals surface area contributed by atoms with Gasteiger partial charge in [-0.15, -0.1) is 11.3 Å². The Labute approximate surface area is 158 Å². The molecule has 0 fully saturated rings. The highest BCUT2D eigenvalue weighted by atomic mass is 32.1. The summed E-state index contributed by atoms with van der Waals surface area (Å²) in [5.74, 6) is -1.80. The fourth-order valence-corrected chi connectivity index (χ4v) is 2.98. The topological polar surface area (TPSA) is 97.4 Å². The highest BCUT2D eigenvalue weighted by Crippen LogP contribution is 2.22. The molecule has 3 aromatic rings. The highest BCUT2D eigenvalue weighted by molar-refractivity contribution is 7.19. The van der Waals surface area contributed by atoms with Crippen LogP contribution >= 0.6 is 11.3 Å². The molecule has 0 spiro atoms. The van der Waals surface area contributed by atoms with Crippen LogP contribution in [0.5, 0.6) is 0 Å². The standard InChI is InChI=1S/C19H15N3O4S/c23-16(21-22-19(25)13-6-2-1-3-7-13)12-26-18(24)11-10-17-20-14-8-4-5-9-15(14)27-17/h1-11H,12H2,(H,21,23)(H,22,25)/b11-10+. The Hall–Kier alpha value is -3.52. The normalized spacial score (nSPS) is 10.7. The van der Waals surface area contributed by atoms with Crippen LogP contribution in [0.1, 0.15) is 15.4 Å². The smallest absolute Gasteiger partial charge is 0.331 e. The lowest BCUT2D eigenvalue weighted by Crippen LogP contribution is -2.43. The van der Waals surface area contributed by atoms with E-state index in [1.54, 1.807) is 30.3 Å². The molecule has 0 atom stereocenters. The van der Waals surface area contributed by atoms with Crippen LogP contribution in [0.4, 0.5) is 0 Å². The van der Waals surface area contributed by atoms with Gasteiger partial charge in [-0.3, -0.25) is 20.4 Å². The van der Waals surface area contributed by atoms with E-state index in [2.05, 4.69) is 15.8 Å². The van der Waals surface area contributed by atoms with Gasteiger partial charge >= 0.3 is 5.97 Å². The highest BCUT2D eigenvalue weighted by Gasteiger charge is 2.08. The van der Waals surface area contributed by atoms with Crippen molar-refractivity contribution in [1.82, 2.24) is 15.8 Å². The Morgan fingerprint density at radius 1 is 1.00 bits per heavy atom. The van der Waals surface area contributed by atoms with Crippen molar-refractivity contribution in [3.63, 3.8) is 0 Å². The minimum atomic E-state index is -0.682. The van der Waals surface area contributed by atoms with Gasteiger partial charge < -0.3 is 4.74 Å². The minimum absolute atomic E-state index is 0.397. The van der Waals surface area contributed by atoms with Crippen LogP contribution in [0.3, 0.4) is 0 Å². The molecule has 0 radical (unpaired) electrons. The molecule has 0 saturated carbocycles. The van der Waals surface area contributed by atoms with E-state index >= 15 is 0 Å². The number of rotatable bonds is 5. The first-order chi connectivity index (χ1) is 13.1. The molecule has 2 amide bonds. The summed E-state index contributed by atoms with van der Waals surface area (Å²) in [5.41, 5.74) is 5.66. The van der Waals surface area contributed by atoms with Gasteiger partial charge in [0.1, 0.15) is 5.01 Å². The van der Waals surface area contributed by atoms with Crippen molar-refractivity contribution in [2.45, 2.75) is 0 Å². The fraction of sp³-hybridized carbons (Fsp3) is 0.0526. The number of carbonyl (C=O) groups is 3. The number of carbonyl (C=O) groups excluding carboxylic acids is 3. The first-order valence-corrected chi connectivity index (χ1v) is 8.78. The number of thiazole rings is 1. The summed E-state index contributed by atoms with van der Waals surface area (Å²) in [4.78, 5) is 39.5. The molecule has 0 aliphatic carbocycles. The van der Waals surface area contributed by atoms with Gasteiger partial charge in [0.15, 0.2) is 6.61 Å². The van der Waals surface area contributed by atoms with Crippen LogP contribution in [-0.2, 0) is 14.3 Å². The van der Waals surface area contributed by atoms with Crippen LogP contribution in [0.2, 0.25) is 0 Å². The second-order valence-electron chi connectivity index (χ2n) is 5.33. The summed E-state index contributed by atoms with van der Waals surface area (Å²) >= 11 is 1.44. The summed E-state index contributed by atoms with van der Waals surface area (Å²) in [6, 6.07) is 16.0. The van der Waals surface area contributed by atoms with Crippen LogP contribution in [-0.4, -0.2) is 29.4 Å². The predicted molar refractivity (Wildman–Crippen MR) is 102 cm³/mol. The van der Waals surface area contributed by atoms with Gasteiger partial charge in [-0.1, -0.05) is 30.3 Å². The Kier molecular flexibility index (Phi) is 5.91. The maximum atomic E-state index is 11.8. The second-order valence-corrected chi connectivity index (χ2v) is 6.39. The summed E-state index contributed by atoms with van der Waals surface area (Å²) in [7, 11) is 0. The zero-order valence-electron chi connectivity index (χ0n) is 14.0. The molecule has 136 valence electrons. The number of aromatic nitrogens is 1. The van der Waals surface area contributed by atoms with Crippen molar-refractivity contribution >= 4 is 45.4 Å². The van der Waals surface area contributed by atoms with E-state index in [4.69, 9.17) is 4.74 Å². The van der Waals surface area contributed by atoms with Gasteiger partial charge in [0.05, 0.1) is 10.2 Å². The third-order valence-corrected chi connectivity index (χ3v) is 4.37. The maximum Gasteiger partial charge on any atom is 0.331 e. The largest absolute Gasteiger partial charge is 0.452 e. The molecule has 1 aromatic heterocycles. The van der Waals surface area contributed by atoms with Gasteiger partial charge in [0.25, 0.3) is 11.8 Å². The van der Waals surface area contributed by atoms with Crippen molar-refractivity contribution in [2.24, 2.45) is 0 Å². The van der Waals surface area contributed by atoms with Gasteiger partial charge in [-0.25, -0.2) is 9.78 Å². The summed E-state index contributed by atoms with van der Waals surface area (Å²) in [6.45, 7) is -0.516. The number of fused-ring (bicyclic) bond motifs is 1. The molecule has 2 aromatic carbocycles. The van der Waals surface area contributed by atoms with E-state index in [9.17, 15) is 14.4 Å². The molecule has 27 heavy (non-hydrogen) atoms. The molecule has 0 bridgehead atoms. The van der Waals surface area contributed by atoms with E-state index in [0.29, 0.717) is 10.6 Å². The Bertz CT molecular complexity index is 965. The van der Waals surface area contributed by atoms with E-state index in [-0.39, 0.29) is 0 Å². The number of amides is 2. The number of hydrazine groups is 1. The van der Waals surface area contributed by atoms with Gasteiger partial charge in [0, 0.05) is 11.6 Å². The van der Waals surface area contributed by atoms with Gasteiger partial charge in [-0.05, 0) is 30.3 Å². The predicted octanol–water partition coefficient (Wildman–Crippen LogP) is 2.31. The van der Waals surface area contributed by atoms with E-state index < -0.39 is 24.4 Å². The number of para-hydroxylation sites is 1. The molecular formula is C19H15N3O4S. The van der Waals surface area contributed by atoms with Crippen LogP contribution in [0.15, 0.2) is 60.7 Å². The molecule has 8 heteroatoms. The van der Waals surface area contributed by atoms with E-state index in [1.165, 1.54) is 23.5 Å². The summed E-state index contributed by atoms with van der Waals surface area (Å²) < 4.78 is 5.84. The molecule has 0 aliphatic rings. The molecule has 1 heterocycles. The average molecular weight is 381 g/mol. The molecule has 0 saturated heterocycles. The third kappa shape index (κ3) is 5.23. The fourth-order valence-electron chi connectivity index (χ4n) is 2.11. The van der Waals surface area contributed by atoms with Gasteiger partial charge in [-0.2, -0.15) is 0 Å². The SMILES string of the molecule is O=C(COC(=O)/C=C/c1nc2ccccc2s1)NNC(=O)c1ccccc1. The molecule has 0 unspecified atom stereocenters. The molecule has 3 rings (SSSR count). The van der Waals surface area contributed by atoms with Crippen LogP contribution in [0.25, 0.3) is 16.3 Å². The lowest BCUT2D eigenvalue weighted by molar-refractivity contribution is -0.144. The quantitative estimate of drug-likeness (QED) is 0.402. The Balaban J connectivity index is 1.43. The number of hydrogen-bond donors (Lipinski definition) is 2. The number of esters is 1. The first kappa shape index (κ1) is 18.3. The van der Waals surface area contributed by atoms with Crippen molar-refractivity contribution in [1.29, 1.82) is 0 Å².